The van der Waals surface area contributed by atoms with Gasteiger partial charge in [-0.15, -0.1) is 0 Å². The topological polar surface area (TPSA) is 66.4 Å². The zero-order valence-electron chi connectivity index (χ0n) is 8.30. The standard InChI is InChI=1S/C9H13F2NO3/c1-5(13)12-7(8(14)15)2-6-3-9(10,11)4-6/h6-7H,2-4H2,1H3,(H,12,13)(H,14,15)/t7-/m0/s1. The van der Waals surface area contributed by atoms with Gasteiger partial charge in [0, 0.05) is 19.8 Å². The molecule has 0 aliphatic heterocycles. The lowest BCUT2D eigenvalue weighted by molar-refractivity contribution is -0.146. The van der Waals surface area contributed by atoms with Crippen LogP contribution >= 0.6 is 0 Å². The van der Waals surface area contributed by atoms with Crippen LogP contribution < -0.4 is 5.32 Å². The number of carbonyl (C=O) groups excluding carboxylic acids is 1. The van der Waals surface area contributed by atoms with Crippen molar-refractivity contribution < 1.29 is 23.5 Å². The number of carboxylic acids is 1. The molecule has 2 N–H and O–H groups in total. The Labute approximate surface area is 85.7 Å². The van der Waals surface area contributed by atoms with Gasteiger partial charge in [-0.25, -0.2) is 13.6 Å². The van der Waals surface area contributed by atoms with E-state index in [9.17, 15) is 18.4 Å². The van der Waals surface area contributed by atoms with Crippen molar-refractivity contribution >= 4 is 11.9 Å². The Morgan fingerprint density at radius 2 is 2.07 bits per heavy atom. The first-order valence-corrected chi connectivity index (χ1v) is 4.68. The van der Waals surface area contributed by atoms with E-state index in [4.69, 9.17) is 5.11 Å². The van der Waals surface area contributed by atoms with Gasteiger partial charge in [0.15, 0.2) is 0 Å². The molecule has 0 spiro atoms. The summed E-state index contributed by atoms with van der Waals surface area (Å²) in [6.07, 6.45) is -0.489. The van der Waals surface area contributed by atoms with Gasteiger partial charge < -0.3 is 10.4 Å². The molecule has 1 aliphatic carbocycles. The van der Waals surface area contributed by atoms with Crippen LogP contribution in [0.3, 0.4) is 0 Å². The Bertz CT molecular complexity index is 273. The van der Waals surface area contributed by atoms with Crippen LogP contribution in [0.25, 0.3) is 0 Å². The van der Waals surface area contributed by atoms with Crippen molar-refractivity contribution in [2.75, 3.05) is 0 Å². The van der Waals surface area contributed by atoms with Gasteiger partial charge in [0.2, 0.25) is 11.8 Å². The van der Waals surface area contributed by atoms with Gasteiger partial charge in [-0.2, -0.15) is 0 Å². The molecular weight excluding hydrogens is 208 g/mol. The molecule has 0 saturated heterocycles. The maximum atomic E-state index is 12.5. The van der Waals surface area contributed by atoms with Crippen molar-refractivity contribution in [3.63, 3.8) is 0 Å². The molecule has 0 bridgehead atoms. The van der Waals surface area contributed by atoms with E-state index in [-0.39, 0.29) is 25.2 Å². The molecule has 1 aliphatic rings. The fraction of sp³-hybridized carbons (Fsp3) is 0.778. The quantitative estimate of drug-likeness (QED) is 0.744. The van der Waals surface area contributed by atoms with Crippen molar-refractivity contribution in [1.29, 1.82) is 0 Å². The van der Waals surface area contributed by atoms with Crippen molar-refractivity contribution in [1.82, 2.24) is 5.32 Å². The van der Waals surface area contributed by atoms with Crippen molar-refractivity contribution in [3.8, 4) is 0 Å². The lowest BCUT2D eigenvalue weighted by Crippen LogP contribution is -2.45. The number of carboxylic acid groups (broad SMARTS) is 1. The lowest BCUT2D eigenvalue weighted by atomic mass is 9.77. The van der Waals surface area contributed by atoms with E-state index < -0.39 is 23.8 Å². The van der Waals surface area contributed by atoms with Gasteiger partial charge in [-0.05, 0) is 12.3 Å². The summed E-state index contributed by atoms with van der Waals surface area (Å²) in [6, 6.07) is -1.05. The first-order chi connectivity index (χ1) is 6.80. The fourth-order valence-corrected chi connectivity index (χ4v) is 1.75. The molecular formula is C9H13F2NO3. The molecule has 0 aromatic carbocycles. The van der Waals surface area contributed by atoms with Gasteiger partial charge in [-0.3, -0.25) is 4.79 Å². The molecule has 86 valence electrons. The van der Waals surface area contributed by atoms with E-state index in [1.807, 2.05) is 0 Å². The summed E-state index contributed by atoms with van der Waals surface area (Å²) >= 11 is 0. The highest BCUT2D eigenvalue weighted by Gasteiger charge is 2.46. The number of halogens is 2. The molecule has 6 heteroatoms. The first kappa shape index (κ1) is 11.9. The normalized spacial score (nSPS) is 21.5. The van der Waals surface area contributed by atoms with E-state index in [2.05, 4.69) is 5.32 Å². The third-order valence-corrected chi connectivity index (χ3v) is 2.42. The van der Waals surface area contributed by atoms with Crippen molar-refractivity contribution in [2.24, 2.45) is 5.92 Å². The third kappa shape index (κ3) is 3.45. The number of hydrogen-bond acceptors (Lipinski definition) is 2. The van der Waals surface area contributed by atoms with Crippen LogP contribution in [0.1, 0.15) is 26.2 Å². The number of carbonyl (C=O) groups is 2. The Morgan fingerprint density at radius 1 is 1.53 bits per heavy atom. The minimum atomic E-state index is -2.65. The molecule has 0 aromatic heterocycles. The van der Waals surface area contributed by atoms with Crippen LogP contribution in [0.2, 0.25) is 0 Å². The molecule has 1 saturated carbocycles. The SMILES string of the molecule is CC(=O)N[C@@H](CC1CC(F)(F)C1)C(=O)O. The van der Waals surface area contributed by atoms with Crippen molar-refractivity contribution in [2.45, 2.75) is 38.2 Å². The molecule has 1 atom stereocenters. The van der Waals surface area contributed by atoms with Crippen LogP contribution in [0.5, 0.6) is 0 Å². The monoisotopic (exact) mass is 221 g/mol. The molecule has 0 aromatic rings. The summed E-state index contributed by atoms with van der Waals surface area (Å²) in [4.78, 5) is 21.3. The van der Waals surface area contributed by atoms with Crippen LogP contribution in [0.15, 0.2) is 0 Å². The zero-order valence-corrected chi connectivity index (χ0v) is 8.30. The average Bonchev–Trinajstić information content (AvgIpc) is 1.98. The number of hydrogen-bond donors (Lipinski definition) is 2. The maximum Gasteiger partial charge on any atom is 0.326 e. The van der Waals surface area contributed by atoms with Gasteiger partial charge >= 0.3 is 5.97 Å². The number of nitrogens with one attached hydrogen (secondary N) is 1. The third-order valence-electron chi connectivity index (χ3n) is 2.42. The Kier molecular flexibility index (Phi) is 3.26. The van der Waals surface area contributed by atoms with Gasteiger partial charge in [-0.1, -0.05) is 0 Å². The van der Waals surface area contributed by atoms with E-state index in [1.54, 1.807) is 0 Å². The molecule has 0 heterocycles. The maximum absolute atomic E-state index is 12.5. The minimum absolute atomic E-state index is 0.0739. The fourth-order valence-electron chi connectivity index (χ4n) is 1.75. The number of rotatable bonds is 4. The molecule has 1 rings (SSSR count). The Balaban J connectivity index is 2.40. The number of aliphatic carboxylic acids is 1. The lowest BCUT2D eigenvalue weighted by Gasteiger charge is -2.36. The van der Waals surface area contributed by atoms with Gasteiger partial charge in [0.05, 0.1) is 0 Å². The van der Waals surface area contributed by atoms with Crippen LogP contribution in [-0.4, -0.2) is 28.9 Å². The smallest absolute Gasteiger partial charge is 0.326 e. The van der Waals surface area contributed by atoms with Crippen LogP contribution in [-0.2, 0) is 9.59 Å². The highest BCUT2D eigenvalue weighted by atomic mass is 19.3. The second-order valence-electron chi connectivity index (χ2n) is 3.96. The van der Waals surface area contributed by atoms with E-state index in [1.165, 1.54) is 6.92 Å². The number of amides is 1. The van der Waals surface area contributed by atoms with Gasteiger partial charge in [0.25, 0.3) is 0 Å². The predicted octanol–water partition coefficient (Wildman–Crippen LogP) is 1.01. The molecule has 15 heavy (non-hydrogen) atoms. The largest absolute Gasteiger partial charge is 0.480 e. The summed E-state index contributed by atoms with van der Waals surface area (Å²) < 4.78 is 24.9. The molecule has 4 nitrogen and oxygen atoms in total. The summed E-state index contributed by atoms with van der Waals surface area (Å²) in [5, 5.41) is 10.9. The van der Waals surface area contributed by atoms with E-state index in [0.29, 0.717) is 0 Å². The second-order valence-corrected chi connectivity index (χ2v) is 3.96. The van der Waals surface area contributed by atoms with Crippen LogP contribution in [0.4, 0.5) is 8.78 Å². The van der Waals surface area contributed by atoms with Crippen LogP contribution in [0, 0.1) is 5.92 Å². The highest BCUT2D eigenvalue weighted by Crippen LogP contribution is 2.44. The zero-order chi connectivity index (χ0) is 11.6. The molecule has 1 amide bonds. The predicted molar refractivity (Wildman–Crippen MR) is 47.5 cm³/mol. The summed E-state index contributed by atoms with van der Waals surface area (Å²) in [5.74, 6) is -4.61. The Hall–Kier alpha value is -1.20. The Morgan fingerprint density at radius 3 is 2.40 bits per heavy atom. The molecule has 1 fully saturated rings. The summed E-state index contributed by atoms with van der Waals surface area (Å²) in [7, 11) is 0. The average molecular weight is 221 g/mol. The summed E-state index contributed by atoms with van der Waals surface area (Å²) in [5.41, 5.74) is 0. The number of alkyl halides is 2. The van der Waals surface area contributed by atoms with Gasteiger partial charge in [0.1, 0.15) is 6.04 Å². The van der Waals surface area contributed by atoms with E-state index in [0.717, 1.165) is 0 Å². The van der Waals surface area contributed by atoms with E-state index >= 15 is 0 Å². The highest BCUT2D eigenvalue weighted by molar-refractivity contribution is 5.82. The first-order valence-electron chi connectivity index (χ1n) is 4.68. The summed E-state index contributed by atoms with van der Waals surface area (Å²) in [6.45, 7) is 1.20. The van der Waals surface area contributed by atoms with Crippen molar-refractivity contribution in [3.05, 3.63) is 0 Å². The molecule has 0 unspecified atom stereocenters. The molecule has 0 radical (unpaired) electrons. The second kappa shape index (κ2) is 4.12. The minimum Gasteiger partial charge on any atom is -0.480 e.